The minimum Gasteiger partial charge on any atom is -0.481 e. The van der Waals surface area contributed by atoms with Crippen LogP contribution in [0.2, 0.25) is 0 Å². The molecule has 1 aromatic heterocycles. The topological polar surface area (TPSA) is 79.3 Å². The first kappa shape index (κ1) is 15.9. The summed E-state index contributed by atoms with van der Waals surface area (Å²) in [6.45, 7) is 3.83. The van der Waals surface area contributed by atoms with Crippen molar-refractivity contribution >= 4 is 23.2 Å². The van der Waals surface area contributed by atoms with Crippen LogP contribution >= 0.6 is 11.3 Å². The first-order chi connectivity index (χ1) is 10.0. The number of amides is 1. The van der Waals surface area contributed by atoms with E-state index >= 15 is 0 Å². The molecule has 0 saturated heterocycles. The molecule has 0 aromatic carbocycles. The van der Waals surface area contributed by atoms with Crippen molar-refractivity contribution in [1.29, 1.82) is 0 Å². The lowest BCUT2D eigenvalue weighted by Crippen LogP contribution is -2.42. The Morgan fingerprint density at radius 1 is 1.33 bits per heavy atom. The summed E-state index contributed by atoms with van der Waals surface area (Å²) in [6.07, 6.45) is 5.11. The number of nitrogens with zero attached hydrogens (tertiary/aromatic N) is 1. The van der Waals surface area contributed by atoms with Crippen molar-refractivity contribution in [3.8, 4) is 0 Å². The normalized spacial score (nSPS) is 22.6. The van der Waals surface area contributed by atoms with E-state index in [0.717, 1.165) is 42.8 Å². The molecule has 2 rings (SSSR count). The van der Waals surface area contributed by atoms with E-state index < -0.39 is 11.9 Å². The summed E-state index contributed by atoms with van der Waals surface area (Å²) in [6, 6.07) is -0.274. The minimum atomic E-state index is -0.808. The first-order valence-corrected chi connectivity index (χ1v) is 8.34. The summed E-state index contributed by atoms with van der Waals surface area (Å²) in [7, 11) is 0. The molecule has 0 aliphatic heterocycles. The molecule has 0 spiro atoms. The maximum atomic E-state index is 12.4. The van der Waals surface area contributed by atoms with Gasteiger partial charge in [0.2, 0.25) is 0 Å². The van der Waals surface area contributed by atoms with Crippen molar-refractivity contribution in [1.82, 2.24) is 10.3 Å². The number of thiazole rings is 1. The highest BCUT2D eigenvalue weighted by molar-refractivity contribution is 7.13. The Hall–Kier alpha value is -1.43. The molecule has 1 aliphatic carbocycles. The fourth-order valence-electron chi connectivity index (χ4n) is 2.82. The second kappa shape index (κ2) is 7.02. The van der Waals surface area contributed by atoms with Crippen LogP contribution in [-0.4, -0.2) is 28.0 Å². The van der Waals surface area contributed by atoms with Gasteiger partial charge in [-0.1, -0.05) is 26.2 Å². The van der Waals surface area contributed by atoms with E-state index in [2.05, 4.69) is 10.3 Å². The Morgan fingerprint density at radius 3 is 2.67 bits per heavy atom. The largest absolute Gasteiger partial charge is 0.481 e. The summed E-state index contributed by atoms with van der Waals surface area (Å²) in [4.78, 5) is 28.8. The van der Waals surface area contributed by atoms with Crippen LogP contribution in [0, 0.1) is 12.8 Å². The fraction of sp³-hybridized carbons (Fsp3) is 0.667. The van der Waals surface area contributed by atoms with Crippen LogP contribution in [0.1, 0.15) is 59.4 Å². The number of hydrogen-bond donors (Lipinski definition) is 2. The highest BCUT2D eigenvalue weighted by Crippen LogP contribution is 2.25. The van der Waals surface area contributed by atoms with E-state index in [9.17, 15) is 14.7 Å². The number of rotatable bonds is 4. The third-order valence-electron chi connectivity index (χ3n) is 4.00. The fourth-order valence-corrected chi connectivity index (χ4v) is 3.73. The zero-order valence-corrected chi connectivity index (χ0v) is 13.3. The molecular weight excluding hydrogens is 288 g/mol. The molecule has 116 valence electrons. The predicted octanol–water partition coefficient (Wildman–Crippen LogP) is 2.78. The second-order valence-electron chi connectivity index (χ2n) is 5.54. The van der Waals surface area contributed by atoms with Crippen LogP contribution in [0.3, 0.4) is 0 Å². The lowest BCUT2D eigenvalue weighted by atomic mass is 9.95. The van der Waals surface area contributed by atoms with Crippen molar-refractivity contribution in [2.45, 2.75) is 58.4 Å². The van der Waals surface area contributed by atoms with Gasteiger partial charge in [-0.2, -0.15) is 0 Å². The number of carbonyl (C=O) groups excluding carboxylic acids is 1. The Bertz CT molecular complexity index is 527. The molecule has 0 radical (unpaired) electrons. The zero-order valence-electron chi connectivity index (χ0n) is 12.5. The van der Waals surface area contributed by atoms with Crippen molar-refractivity contribution in [3.05, 3.63) is 15.6 Å². The Morgan fingerprint density at radius 2 is 2.05 bits per heavy atom. The average Bonchev–Trinajstić information content (AvgIpc) is 2.67. The molecule has 2 atom stereocenters. The van der Waals surface area contributed by atoms with Gasteiger partial charge in [-0.05, 0) is 26.2 Å². The predicted molar refractivity (Wildman–Crippen MR) is 81.7 cm³/mol. The summed E-state index contributed by atoms with van der Waals surface area (Å²) >= 11 is 1.40. The van der Waals surface area contributed by atoms with E-state index in [-0.39, 0.29) is 11.9 Å². The summed E-state index contributed by atoms with van der Waals surface area (Å²) in [5.41, 5.74) is 0.731. The number of aliphatic carboxylic acids is 1. The number of hydrogen-bond acceptors (Lipinski definition) is 4. The number of carbonyl (C=O) groups is 2. The Kier molecular flexibility index (Phi) is 5.33. The first-order valence-electron chi connectivity index (χ1n) is 7.53. The van der Waals surface area contributed by atoms with Crippen LogP contribution in [-0.2, 0) is 11.2 Å². The smallest absolute Gasteiger partial charge is 0.308 e. The Labute approximate surface area is 128 Å². The number of aryl methyl sites for hydroxylation is 2. The Balaban J connectivity index is 2.12. The van der Waals surface area contributed by atoms with E-state index in [0.29, 0.717) is 11.3 Å². The van der Waals surface area contributed by atoms with Gasteiger partial charge in [0, 0.05) is 6.04 Å². The molecule has 1 aromatic rings. The van der Waals surface area contributed by atoms with Crippen LogP contribution < -0.4 is 5.32 Å². The van der Waals surface area contributed by atoms with Gasteiger partial charge in [-0.3, -0.25) is 9.59 Å². The quantitative estimate of drug-likeness (QED) is 0.838. The molecule has 6 heteroatoms. The van der Waals surface area contributed by atoms with Crippen LogP contribution in [0.4, 0.5) is 0 Å². The van der Waals surface area contributed by atoms with Gasteiger partial charge in [-0.15, -0.1) is 11.3 Å². The van der Waals surface area contributed by atoms with Crippen LogP contribution in [0.15, 0.2) is 0 Å². The highest BCUT2D eigenvalue weighted by atomic mass is 32.1. The molecule has 5 nitrogen and oxygen atoms in total. The maximum Gasteiger partial charge on any atom is 0.308 e. The van der Waals surface area contributed by atoms with Crippen molar-refractivity contribution in [2.24, 2.45) is 5.92 Å². The molecule has 1 amide bonds. The number of nitrogens with one attached hydrogen (secondary N) is 1. The van der Waals surface area contributed by atoms with Gasteiger partial charge in [0.25, 0.3) is 5.91 Å². The lowest BCUT2D eigenvalue weighted by molar-refractivity contribution is -0.142. The standard InChI is InChI=1S/C15H22N2O3S/c1-3-12-16-9(2)13(21-12)14(18)17-11-8-6-4-5-7-10(11)15(19)20/h10-11H,3-8H2,1-2H3,(H,17,18)(H,19,20)/t10-,11+/m1/s1. The molecule has 1 aliphatic rings. The van der Waals surface area contributed by atoms with Crippen molar-refractivity contribution in [3.63, 3.8) is 0 Å². The van der Waals surface area contributed by atoms with E-state index in [1.54, 1.807) is 0 Å². The maximum absolute atomic E-state index is 12.4. The second-order valence-corrected chi connectivity index (χ2v) is 6.62. The summed E-state index contributed by atoms with van der Waals surface area (Å²) in [5.74, 6) is -1.46. The molecule has 1 fully saturated rings. The molecule has 0 bridgehead atoms. The van der Waals surface area contributed by atoms with Gasteiger partial charge < -0.3 is 10.4 Å². The monoisotopic (exact) mass is 310 g/mol. The average molecular weight is 310 g/mol. The van der Waals surface area contributed by atoms with Gasteiger partial charge >= 0.3 is 5.97 Å². The van der Waals surface area contributed by atoms with Crippen molar-refractivity contribution < 1.29 is 14.7 Å². The molecule has 1 saturated carbocycles. The minimum absolute atomic E-state index is 0.178. The molecule has 1 heterocycles. The van der Waals surface area contributed by atoms with Gasteiger partial charge in [0.15, 0.2) is 0 Å². The zero-order chi connectivity index (χ0) is 15.4. The van der Waals surface area contributed by atoms with Crippen LogP contribution in [0.5, 0.6) is 0 Å². The molecular formula is C15H22N2O3S. The van der Waals surface area contributed by atoms with E-state index in [1.807, 2.05) is 13.8 Å². The van der Waals surface area contributed by atoms with Gasteiger partial charge in [-0.25, -0.2) is 4.98 Å². The molecule has 2 N–H and O–H groups in total. The summed E-state index contributed by atoms with van der Waals surface area (Å²) < 4.78 is 0. The lowest BCUT2D eigenvalue weighted by Gasteiger charge is -2.22. The van der Waals surface area contributed by atoms with Crippen molar-refractivity contribution in [2.75, 3.05) is 0 Å². The van der Waals surface area contributed by atoms with Gasteiger partial charge in [0.05, 0.1) is 16.6 Å². The van der Waals surface area contributed by atoms with Crippen LogP contribution in [0.25, 0.3) is 0 Å². The number of aromatic nitrogens is 1. The van der Waals surface area contributed by atoms with E-state index in [1.165, 1.54) is 11.3 Å². The number of carboxylic acids is 1. The highest BCUT2D eigenvalue weighted by Gasteiger charge is 2.31. The SMILES string of the molecule is CCc1nc(C)c(C(=O)N[C@H]2CCCCC[C@H]2C(=O)O)s1. The molecule has 0 unspecified atom stereocenters. The summed E-state index contributed by atoms with van der Waals surface area (Å²) in [5, 5.41) is 13.2. The molecule has 21 heavy (non-hydrogen) atoms. The van der Waals surface area contributed by atoms with Gasteiger partial charge in [0.1, 0.15) is 4.88 Å². The third-order valence-corrected chi connectivity index (χ3v) is 5.30. The van der Waals surface area contributed by atoms with E-state index in [4.69, 9.17) is 0 Å². The third kappa shape index (κ3) is 3.81. The number of carboxylic acid groups (broad SMARTS) is 1.